The zero-order valence-electron chi connectivity index (χ0n) is 15.9. The SMILES string of the molecule is NC(=O)Cn1cc(CC2CCC(O)(C(=O)N=Cc3cc(F)cc(Cl)c3)C(=O)C2)cn1. The highest BCUT2D eigenvalue weighted by Gasteiger charge is 2.47. The van der Waals surface area contributed by atoms with E-state index in [1.807, 2.05) is 0 Å². The van der Waals surface area contributed by atoms with Crippen LogP contribution < -0.4 is 5.73 Å². The Labute approximate surface area is 176 Å². The molecular weight excluding hydrogens is 415 g/mol. The molecule has 3 N–H and O–H groups in total. The van der Waals surface area contributed by atoms with Gasteiger partial charge in [0, 0.05) is 23.9 Å². The summed E-state index contributed by atoms with van der Waals surface area (Å²) < 4.78 is 14.8. The van der Waals surface area contributed by atoms with Crippen LogP contribution in [-0.4, -0.2) is 44.3 Å². The lowest BCUT2D eigenvalue weighted by Crippen LogP contribution is -2.49. The van der Waals surface area contributed by atoms with Crippen molar-refractivity contribution < 1.29 is 23.9 Å². The fraction of sp³-hybridized carbons (Fsp3) is 0.350. The van der Waals surface area contributed by atoms with Crippen molar-refractivity contribution >= 4 is 35.4 Å². The third kappa shape index (κ3) is 5.17. The van der Waals surface area contributed by atoms with Crippen molar-refractivity contribution in [2.75, 3.05) is 0 Å². The van der Waals surface area contributed by atoms with Crippen molar-refractivity contribution in [3.05, 3.63) is 52.6 Å². The minimum absolute atomic E-state index is 0.00452. The summed E-state index contributed by atoms with van der Waals surface area (Å²) in [4.78, 5) is 39.5. The average Bonchev–Trinajstić information content (AvgIpc) is 3.08. The molecule has 10 heteroatoms. The third-order valence-corrected chi connectivity index (χ3v) is 5.17. The minimum Gasteiger partial charge on any atom is -0.373 e. The van der Waals surface area contributed by atoms with E-state index in [-0.39, 0.29) is 35.9 Å². The molecule has 1 saturated carbocycles. The molecule has 2 atom stereocenters. The van der Waals surface area contributed by atoms with E-state index in [9.17, 15) is 23.9 Å². The van der Waals surface area contributed by atoms with E-state index in [0.29, 0.717) is 12.8 Å². The van der Waals surface area contributed by atoms with Crippen LogP contribution in [0.25, 0.3) is 0 Å². The van der Waals surface area contributed by atoms with E-state index < -0.39 is 29.0 Å². The number of primary amides is 1. The van der Waals surface area contributed by atoms with Gasteiger partial charge in [-0.3, -0.25) is 19.1 Å². The number of nitrogens with two attached hydrogens (primary N) is 1. The predicted octanol–water partition coefficient (Wildman–Crippen LogP) is 1.45. The van der Waals surface area contributed by atoms with Crippen LogP contribution in [0, 0.1) is 11.7 Å². The fourth-order valence-corrected chi connectivity index (χ4v) is 3.70. The molecule has 1 aliphatic rings. The summed E-state index contributed by atoms with van der Waals surface area (Å²) in [6.07, 6.45) is 5.22. The zero-order valence-corrected chi connectivity index (χ0v) is 16.7. The molecule has 1 heterocycles. The van der Waals surface area contributed by atoms with Crippen LogP contribution >= 0.6 is 11.6 Å². The van der Waals surface area contributed by atoms with Gasteiger partial charge in [-0.1, -0.05) is 11.6 Å². The van der Waals surface area contributed by atoms with E-state index in [1.165, 1.54) is 10.7 Å². The summed E-state index contributed by atoms with van der Waals surface area (Å²) in [6, 6.07) is 3.64. The Bertz CT molecular complexity index is 1000. The van der Waals surface area contributed by atoms with E-state index >= 15 is 0 Å². The molecule has 30 heavy (non-hydrogen) atoms. The number of rotatable bonds is 6. The van der Waals surface area contributed by atoms with E-state index in [2.05, 4.69) is 10.1 Å². The first-order valence-electron chi connectivity index (χ1n) is 9.25. The molecular formula is C20H20ClFN4O4. The van der Waals surface area contributed by atoms with Gasteiger partial charge in [0.05, 0.1) is 6.20 Å². The summed E-state index contributed by atoms with van der Waals surface area (Å²) in [5.41, 5.74) is 4.00. The maximum absolute atomic E-state index is 13.4. The Morgan fingerprint density at radius 2 is 2.20 bits per heavy atom. The summed E-state index contributed by atoms with van der Waals surface area (Å²) in [5, 5.41) is 14.8. The number of amides is 2. The molecule has 0 spiro atoms. The van der Waals surface area contributed by atoms with E-state index in [0.717, 1.165) is 23.9 Å². The van der Waals surface area contributed by atoms with Crippen LogP contribution in [0.1, 0.15) is 30.4 Å². The van der Waals surface area contributed by atoms with Crippen LogP contribution in [0.4, 0.5) is 4.39 Å². The quantitative estimate of drug-likeness (QED) is 0.525. The number of nitrogens with zero attached hydrogens (tertiary/aromatic N) is 3. The highest BCUT2D eigenvalue weighted by molar-refractivity contribution is 6.30. The van der Waals surface area contributed by atoms with Crippen LogP contribution in [-0.2, 0) is 27.3 Å². The van der Waals surface area contributed by atoms with Crippen LogP contribution in [0.2, 0.25) is 5.02 Å². The molecule has 2 aromatic rings. The number of carbonyl (C=O) groups excluding carboxylic acids is 3. The van der Waals surface area contributed by atoms with Crippen molar-refractivity contribution in [1.82, 2.24) is 9.78 Å². The molecule has 0 aliphatic heterocycles. The highest BCUT2D eigenvalue weighted by Crippen LogP contribution is 2.32. The first kappa shape index (κ1) is 21.8. The maximum atomic E-state index is 13.4. The Balaban J connectivity index is 1.62. The summed E-state index contributed by atoms with van der Waals surface area (Å²) in [6.45, 7) is -0.0353. The van der Waals surface area contributed by atoms with Gasteiger partial charge in [0.15, 0.2) is 5.78 Å². The van der Waals surface area contributed by atoms with E-state index in [4.69, 9.17) is 17.3 Å². The minimum atomic E-state index is -2.19. The van der Waals surface area contributed by atoms with Gasteiger partial charge in [-0.15, -0.1) is 0 Å². The smallest absolute Gasteiger partial charge is 0.285 e. The predicted molar refractivity (Wildman–Crippen MR) is 106 cm³/mol. The van der Waals surface area contributed by atoms with Gasteiger partial charge in [-0.05, 0) is 54.5 Å². The lowest BCUT2D eigenvalue weighted by molar-refractivity contribution is -0.154. The lowest BCUT2D eigenvalue weighted by atomic mass is 9.75. The number of halogens is 2. The number of hydrogen-bond donors (Lipinski definition) is 2. The Hall–Kier alpha value is -2.91. The molecule has 2 unspecified atom stereocenters. The fourth-order valence-electron chi connectivity index (χ4n) is 3.47. The molecule has 1 aromatic carbocycles. The van der Waals surface area contributed by atoms with Gasteiger partial charge in [0.2, 0.25) is 11.5 Å². The van der Waals surface area contributed by atoms with Crippen molar-refractivity contribution in [3.8, 4) is 0 Å². The van der Waals surface area contributed by atoms with Gasteiger partial charge in [0.1, 0.15) is 12.4 Å². The standard InChI is InChI=1S/C20H20ClFN4O4/c21-15-4-13(5-16(22)7-15)8-24-19(29)20(30)2-1-12(6-17(20)27)3-14-9-25-26(10-14)11-18(23)28/h4-5,7-10,12,30H,1-3,6,11H2,(H2,23,28). The molecule has 0 saturated heterocycles. The molecule has 0 radical (unpaired) electrons. The van der Waals surface area contributed by atoms with Crippen LogP contribution in [0.3, 0.4) is 0 Å². The van der Waals surface area contributed by atoms with Gasteiger partial charge in [-0.2, -0.15) is 5.10 Å². The second-order valence-electron chi connectivity index (χ2n) is 7.38. The first-order chi connectivity index (χ1) is 14.2. The number of carbonyl (C=O) groups is 3. The van der Waals surface area contributed by atoms with Crippen LogP contribution in [0.5, 0.6) is 0 Å². The van der Waals surface area contributed by atoms with Crippen LogP contribution in [0.15, 0.2) is 35.6 Å². The first-order valence-corrected chi connectivity index (χ1v) is 9.63. The molecule has 1 fully saturated rings. The summed E-state index contributed by atoms with van der Waals surface area (Å²) in [7, 11) is 0. The molecule has 8 nitrogen and oxygen atoms in total. The Morgan fingerprint density at radius 3 is 2.87 bits per heavy atom. The molecule has 3 rings (SSSR count). The number of benzene rings is 1. The van der Waals surface area contributed by atoms with Crippen molar-refractivity contribution in [1.29, 1.82) is 0 Å². The number of ketones is 1. The second kappa shape index (κ2) is 8.85. The molecule has 158 valence electrons. The normalized spacial score (nSPS) is 21.8. The second-order valence-corrected chi connectivity index (χ2v) is 7.81. The number of hydrogen-bond acceptors (Lipinski definition) is 5. The topological polar surface area (TPSA) is 128 Å². The van der Waals surface area contributed by atoms with Crippen molar-refractivity contribution in [2.24, 2.45) is 16.6 Å². The Kier molecular flexibility index (Phi) is 6.42. The maximum Gasteiger partial charge on any atom is 0.285 e. The van der Waals surface area contributed by atoms with Gasteiger partial charge in [-0.25, -0.2) is 9.38 Å². The number of Topliss-reactive ketones (excluding diaryl/α,β-unsaturated/α-hetero) is 1. The van der Waals surface area contributed by atoms with E-state index in [1.54, 1.807) is 12.4 Å². The summed E-state index contributed by atoms with van der Waals surface area (Å²) in [5.74, 6) is -2.78. The Morgan fingerprint density at radius 1 is 1.43 bits per heavy atom. The van der Waals surface area contributed by atoms with Crippen molar-refractivity contribution in [3.63, 3.8) is 0 Å². The average molecular weight is 435 g/mol. The molecule has 1 aliphatic carbocycles. The highest BCUT2D eigenvalue weighted by atomic mass is 35.5. The number of aliphatic hydroxyl groups is 1. The van der Waals surface area contributed by atoms with Gasteiger partial charge < -0.3 is 10.8 Å². The third-order valence-electron chi connectivity index (χ3n) is 4.95. The molecule has 0 bridgehead atoms. The molecule has 1 aromatic heterocycles. The van der Waals surface area contributed by atoms with Crippen molar-refractivity contribution in [2.45, 2.75) is 37.8 Å². The monoisotopic (exact) mass is 434 g/mol. The van der Waals surface area contributed by atoms with Gasteiger partial charge in [0.25, 0.3) is 5.91 Å². The van der Waals surface area contributed by atoms with Gasteiger partial charge >= 0.3 is 0 Å². The number of aromatic nitrogens is 2. The summed E-state index contributed by atoms with van der Waals surface area (Å²) >= 11 is 5.75. The molecule has 2 amide bonds. The zero-order chi connectivity index (χ0) is 21.9. The lowest BCUT2D eigenvalue weighted by Gasteiger charge is -2.31. The largest absolute Gasteiger partial charge is 0.373 e. The number of aliphatic imine (C=N–C) groups is 1.